The van der Waals surface area contributed by atoms with E-state index in [-0.39, 0.29) is 17.3 Å². The van der Waals surface area contributed by atoms with E-state index >= 15 is 0 Å². The Morgan fingerprint density at radius 1 is 1.48 bits per heavy atom. The van der Waals surface area contributed by atoms with Gasteiger partial charge < -0.3 is 26.0 Å². The van der Waals surface area contributed by atoms with Crippen LogP contribution < -0.4 is 21.1 Å². The molecule has 0 bridgehead atoms. The molecule has 1 fully saturated rings. The number of hydrogen-bond acceptors (Lipinski definition) is 6. The predicted molar refractivity (Wildman–Crippen MR) is 89.4 cm³/mol. The number of methoxy groups -OCH3 is 1. The van der Waals surface area contributed by atoms with Gasteiger partial charge in [0, 0.05) is 31.3 Å². The maximum absolute atomic E-state index is 11.4. The summed E-state index contributed by atoms with van der Waals surface area (Å²) in [5.74, 6) is 0.214. The molecular weight excluding hydrogens is 300 g/mol. The molecule has 1 atom stereocenters. The number of anilines is 1. The van der Waals surface area contributed by atoms with Crippen LogP contribution in [0.5, 0.6) is 5.75 Å². The number of guanidine groups is 1. The molecule has 126 valence electrons. The van der Waals surface area contributed by atoms with E-state index in [4.69, 9.17) is 16.2 Å². The fraction of sp³-hybridized carbons (Fsp3) is 0.500. The molecule has 9 heteroatoms. The molecule has 23 heavy (non-hydrogen) atoms. The molecule has 0 unspecified atom stereocenters. The summed E-state index contributed by atoms with van der Waals surface area (Å²) in [6, 6.07) is 3.33. The van der Waals surface area contributed by atoms with Gasteiger partial charge in [-0.2, -0.15) is 0 Å². The summed E-state index contributed by atoms with van der Waals surface area (Å²) in [5, 5.41) is 11.4. The summed E-state index contributed by atoms with van der Waals surface area (Å²) in [4.78, 5) is 19.0. The van der Waals surface area contributed by atoms with Gasteiger partial charge in [0.1, 0.15) is 17.1 Å². The lowest BCUT2D eigenvalue weighted by molar-refractivity contribution is -0.384. The van der Waals surface area contributed by atoms with Crippen molar-refractivity contribution in [2.75, 3.05) is 39.2 Å². The average molecular weight is 322 g/mol. The molecule has 1 aromatic rings. The SMILES string of the molecule is COc1cc(N2CC[C@H](N(C)C)C2)c([N+](=O)[O-])cc1N=C(N)N. The topological polar surface area (TPSA) is 123 Å². The van der Waals surface area contributed by atoms with Crippen LogP contribution >= 0.6 is 0 Å². The Balaban J connectivity index is 2.47. The minimum atomic E-state index is -0.427. The van der Waals surface area contributed by atoms with E-state index in [0.29, 0.717) is 17.5 Å². The fourth-order valence-corrected chi connectivity index (χ4v) is 2.72. The highest BCUT2D eigenvalue weighted by Gasteiger charge is 2.30. The first-order chi connectivity index (χ1) is 10.8. The van der Waals surface area contributed by atoms with Crippen molar-refractivity contribution in [1.82, 2.24) is 4.90 Å². The lowest BCUT2D eigenvalue weighted by atomic mass is 10.2. The van der Waals surface area contributed by atoms with Gasteiger partial charge in [-0.05, 0) is 20.5 Å². The normalized spacial score (nSPS) is 17.4. The first-order valence-corrected chi connectivity index (χ1v) is 7.21. The van der Waals surface area contributed by atoms with Crippen LogP contribution in [-0.2, 0) is 0 Å². The first kappa shape index (κ1) is 16.8. The third-order valence-corrected chi connectivity index (χ3v) is 3.96. The minimum absolute atomic E-state index is 0.0368. The highest BCUT2D eigenvalue weighted by molar-refractivity contribution is 5.82. The van der Waals surface area contributed by atoms with Crippen LogP contribution in [0.3, 0.4) is 0 Å². The van der Waals surface area contributed by atoms with Crippen LogP contribution in [0.25, 0.3) is 0 Å². The lowest BCUT2D eigenvalue weighted by Crippen LogP contribution is -2.31. The zero-order valence-electron chi connectivity index (χ0n) is 13.5. The van der Waals surface area contributed by atoms with Crippen molar-refractivity contribution in [1.29, 1.82) is 0 Å². The Kier molecular flexibility index (Phi) is 4.89. The third kappa shape index (κ3) is 3.62. The summed E-state index contributed by atoms with van der Waals surface area (Å²) in [6.07, 6.45) is 0.947. The fourth-order valence-electron chi connectivity index (χ4n) is 2.72. The number of nitro groups is 1. The summed E-state index contributed by atoms with van der Waals surface area (Å²) in [7, 11) is 5.49. The van der Waals surface area contributed by atoms with E-state index in [0.717, 1.165) is 19.5 Å². The van der Waals surface area contributed by atoms with E-state index in [9.17, 15) is 10.1 Å². The van der Waals surface area contributed by atoms with Gasteiger partial charge in [-0.15, -0.1) is 0 Å². The van der Waals surface area contributed by atoms with Gasteiger partial charge in [-0.25, -0.2) is 4.99 Å². The smallest absolute Gasteiger partial charge is 0.294 e. The number of aliphatic imine (C=N–C) groups is 1. The number of nitro benzene ring substituents is 1. The first-order valence-electron chi connectivity index (χ1n) is 7.21. The summed E-state index contributed by atoms with van der Waals surface area (Å²) >= 11 is 0. The Labute approximate surface area is 134 Å². The zero-order chi connectivity index (χ0) is 17.1. The van der Waals surface area contributed by atoms with Gasteiger partial charge in [-0.1, -0.05) is 0 Å². The summed E-state index contributed by atoms with van der Waals surface area (Å²) in [5.41, 5.74) is 11.5. The number of nitrogens with zero attached hydrogens (tertiary/aromatic N) is 4. The maximum Gasteiger partial charge on any atom is 0.294 e. The molecule has 0 saturated carbocycles. The number of nitrogens with two attached hydrogens (primary N) is 2. The molecule has 1 aromatic carbocycles. The largest absolute Gasteiger partial charge is 0.494 e. The lowest BCUT2D eigenvalue weighted by Gasteiger charge is -2.22. The van der Waals surface area contributed by atoms with Gasteiger partial charge in [0.25, 0.3) is 5.69 Å². The number of ether oxygens (including phenoxy) is 1. The predicted octanol–water partition coefficient (Wildman–Crippen LogP) is 0.649. The molecule has 9 nitrogen and oxygen atoms in total. The van der Waals surface area contributed by atoms with Crippen molar-refractivity contribution in [2.24, 2.45) is 16.5 Å². The van der Waals surface area contributed by atoms with Gasteiger partial charge in [-0.3, -0.25) is 10.1 Å². The van der Waals surface area contributed by atoms with E-state index < -0.39 is 4.92 Å². The average Bonchev–Trinajstić information content (AvgIpc) is 2.96. The van der Waals surface area contributed by atoms with Crippen LogP contribution in [0.1, 0.15) is 6.42 Å². The minimum Gasteiger partial charge on any atom is -0.494 e. The van der Waals surface area contributed by atoms with Gasteiger partial charge in [0.15, 0.2) is 5.96 Å². The molecule has 1 heterocycles. The Hall–Kier alpha value is -2.55. The van der Waals surface area contributed by atoms with Crippen molar-refractivity contribution >= 4 is 23.0 Å². The highest BCUT2D eigenvalue weighted by atomic mass is 16.6. The monoisotopic (exact) mass is 322 g/mol. The second-order valence-corrected chi connectivity index (χ2v) is 5.66. The number of rotatable bonds is 5. The number of hydrogen-bond donors (Lipinski definition) is 2. The van der Waals surface area contributed by atoms with Crippen LogP contribution in [0.2, 0.25) is 0 Å². The zero-order valence-corrected chi connectivity index (χ0v) is 13.5. The maximum atomic E-state index is 11.4. The summed E-state index contributed by atoms with van der Waals surface area (Å²) < 4.78 is 5.28. The molecular formula is C14H22N6O3. The molecule has 0 radical (unpaired) electrons. The number of benzene rings is 1. The Bertz CT molecular complexity index is 627. The van der Waals surface area contributed by atoms with Crippen LogP contribution in [0.4, 0.5) is 17.1 Å². The Morgan fingerprint density at radius 2 is 2.17 bits per heavy atom. The van der Waals surface area contributed by atoms with E-state index in [1.165, 1.54) is 13.2 Å². The van der Waals surface area contributed by atoms with Crippen molar-refractivity contribution in [3.05, 3.63) is 22.2 Å². The highest BCUT2D eigenvalue weighted by Crippen LogP contribution is 2.40. The quantitative estimate of drug-likeness (QED) is 0.353. The van der Waals surface area contributed by atoms with Gasteiger partial charge >= 0.3 is 0 Å². The van der Waals surface area contributed by atoms with E-state index in [2.05, 4.69) is 9.89 Å². The third-order valence-electron chi connectivity index (χ3n) is 3.96. The molecule has 0 spiro atoms. The second kappa shape index (κ2) is 6.69. The molecule has 0 aliphatic carbocycles. The molecule has 1 aliphatic rings. The Morgan fingerprint density at radius 3 is 2.65 bits per heavy atom. The molecule has 2 rings (SSSR count). The van der Waals surface area contributed by atoms with E-state index in [1.54, 1.807) is 6.07 Å². The van der Waals surface area contributed by atoms with Crippen molar-refractivity contribution in [2.45, 2.75) is 12.5 Å². The molecule has 0 amide bonds. The van der Waals surface area contributed by atoms with Crippen molar-refractivity contribution in [3.8, 4) is 5.75 Å². The van der Waals surface area contributed by atoms with Crippen LogP contribution in [0, 0.1) is 10.1 Å². The van der Waals surface area contributed by atoms with E-state index in [1.807, 2.05) is 19.0 Å². The molecule has 0 aromatic heterocycles. The van der Waals surface area contributed by atoms with Crippen LogP contribution in [0.15, 0.2) is 17.1 Å². The standard InChI is InChI=1S/C14H22N6O3/c1-18(2)9-4-5-19(8-9)11-7-13(23-3)10(17-14(15)16)6-12(11)20(21)22/h6-7,9H,4-5,8H2,1-3H3,(H4,15,16,17)/t9-/m0/s1. The van der Waals surface area contributed by atoms with Gasteiger partial charge in [0.05, 0.1) is 12.0 Å². The molecule has 1 aliphatic heterocycles. The van der Waals surface area contributed by atoms with Crippen LogP contribution in [-0.4, -0.2) is 56.1 Å². The van der Waals surface area contributed by atoms with Crippen molar-refractivity contribution in [3.63, 3.8) is 0 Å². The van der Waals surface area contributed by atoms with Gasteiger partial charge in [0.2, 0.25) is 0 Å². The summed E-state index contributed by atoms with van der Waals surface area (Å²) in [6.45, 7) is 1.47. The number of likely N-dealkylation sites (N-methyl/N-ethyl adjacent to an activating group) is 1. The molecule has 1 saturated heterocycles. The molecule has 4 N–H and O–H groups in total. The second-order valence-electron chi connectivity index (χ2n) is 5.66. The van der Waals surface area contributed by atoms with Crippen molar-refractivity contribution < 1.29 is 9.66 Å².